The van der Waals surface area contributed by atoms with Gasteiger partial charge in [0.2, 0.25) is 0 Å². The summed E-state index contributed by atoms with van der Waals surface area (Å²) in [6.45, 7) is 7.14. The highest BCUT2D eigenvalue weighted by molar-refractivity contribution is 7.99. The van der Waals surface area contributed by atoms with Gasteiger partial charge in [-0.05, 0) is 31.4 Å². The minimum absolute atomic E-state index is 0.649. The quantitative estimate of drug-likeness (QED) is 0.697. The van der Waals surface area contributed by atoms with Crippen LogP contribution in [0.5, 0.6) is 0 Å². The fourth-order valence-electron chi connectivity index (χ4n) is 2.20. The molecule has 0 spiro atoms. The van der Waals surface area contributed by atoms with Gasteiger partial charge in [-0.15, -0.1) is 0 Å². The van der Waals surface area contributed by atoms with Crippen LogP contribution >= 0.6 is 11.8 Å². The maximum Gasteiger partial charge on any atom is 0.0591 e. The number of thioether (sulfide) groups is 1. The largest absolute Gasteiger partial charge is 0.380 e. The van der Waals surface area contributed by atoms with Crippen molar-refractivity contribution in [2.24, 2.45) is 5.92 Å². The zero-order chi connectivity index (χ0) is 11.8. The summed E-state index contributed by atoms with van der Waals surface area (Å²) in [5, 5.41) is 4.50. The van der Waals surface area contributed by atoms with Crippen LogP contribution in [0.3, 0.4) is 0 Å². The average molecular weight is 245 g/mol. The minimum Gasteiger partial charge on any atom is -0.380 e. The Labute approximate surface area is 105 Å². The first-order valence-electron chi connectivity index (χ1n) is 6.56. The fraction of sp³-hybridized carbons (Fsp3) is 1.00. The van der Waals surface area contributed by atoms with Crippen LogP contribution in [-0.4, -0.2) is 37.3 Å². The van der Waals surface area contributed by atoms with Crippen LogP contribution in [-0.2, 0) is 4.74 Å². The average Bonchev–Trinajstić information content (AvgIpc) is 2.28. The van der Waals surface area contributed by atoms with Crippen molar-refractivity contribution in [2.45, 2.75) is 50.8 Å². The van der Waals surface area contributed by atoms with Crippen LogP contribution in [0.2, 0.25) is 0 Å². The van der Waals surface area contributed by atoms with Crippen molar-refractivity contribution in [2.75, 3.05) is 26.0 Å². The maximum absolute atomic E-state index is 5.57. The number of ether oxygens (including phenoxy) is 1. The lowest BCUT2D eigenvalue weighted by Crippen LogP contribution is -2.37. The number of hydrogen-bond donors (Lipinski definition) is 1. The van der Waals surface area contributed by atoms with E-state index in [1.165, 1.54) is 25.7 Å². The second-order valence-electron chi connectivity index (χ2n) is 5.14. The van der Waals surface area contributed by atoms with Crippen molar-refractivity contribution in [3.63, 3.8) is 0 Å². The fourth-order valence-corrected chi connectivity index (χ4v) is 3.03. The molecule has 1 aliphatic carbocycles. The lowest BCUT2D eigenvalue weighted by Gasteiger charge is -2.28. The summed E-state index contributed by atoms with van der Waals surface area (Å²) in [4.78, 5) is 0. The van der Waals surface area contributed by atoms with Crippen molar-refractivity contribution in [1.29, 1.82) is 0 Å². The molecule has 1 aliphatic rings. The Morgan fingerprint density at radius 3 is 2.88 bits per heavy atom. The summed E-state index contributed by atoms with van der Waals surface area (Å²) < 4.78 is 5.57. The standard InChI is InChI=1S/C13H27NOS/c1-11(2)10-15-8-7-14-12-5-4-6-13(9-12)16-3/h11-14H,4-10H2,1-3H3. The Hall–Kier alpha value is 0.270. The second kappa shape index (κ2) is 8.37. The van der Waals surface area contributed by atoms with Crippen LogP contribution in [0.15, 0.2) is 0 Å². The molecule has 2 atom stereocenters. The number of hydrogen-bond acceptors (Lipinski definition) is 3. The highest BCUT2D eigenvalue weighted by Crippen LogP contribution is 2.26. The number of nitrogens with one attached hydrogen (secondary N) is 1. The molecule has 0 radical (unpaired) electrons. The van der Waals surface area contributed by atoms with Crippen molar-refractivity contribution >= 4 is 11.8 Å². The lowest BCUT2D eigenvalue weighted by molar-refractivity contribution is 0.109. The molecule has 0 heterocycles. The van der Waals surface area contributed by atoms with E-state index in [9.17, 15) is 0 Å². The Morgan fingerprint density at radius 1 is 1.38 bits per heavy atom. The first-order chi connectivity index (χ1) is 7.72. The molecular weight excluding hydrogens is 218 g/mol. The van der Waals surface area contributed by atoms with Crippen LogP contribution in [0.25, 0.3) is 0 Å². The number of rotatable bonds is 7. The summed E-state index contributed by atoms with van der Waals surface area (Å²) in [6.07, 6.45) is 7.71. The summed E-state index contributed by atoms with van der Waals surface area (Å²) in [7, 11) is 0. The van der Waals surface area contributed by atoms with Gasteiger partial charge in [-0.3, -0.25) is 0 Å². The zero-order valence-electron chi connectivity index (χ0n) is 11.0. The van der Waals surface area contributed by atoms with Crippen molar-refractivity contribution in [1.82, 2.24) is 5.32 Å². The van der Waals surface area contributed by atoms with Crippen LogP contribution in [0.4, 0.5) is 0 Å². The molecule has 0 amide bonds. The molecule has 0 aliphatic heterocycles. The third-order valence-electron chi connectivity index (χ3n) is 3.09. The van der Waals surface area contributed by atoms with E-state index < -0.39 is 0 Å². The topological polar surface area (TPSA) is 21.3 Å². The van der Waals surface area contributed by atoms with E-state index in [1.807, 2.05) is 11.8 Å². The molecule has 16 heavy (non-hydrogen) atoms. The summed E-state index contributed by atoms with van der Waals surface area (Å²) in [6, 6.07) is 0.730. The van der Waals surface area contributed by atoms with E-state index in [0.29, 0.717) is 5.92 Å². The van der Waals surface area contributed by atoms with Gasteiger partial charge >= 0.3 is 0 Å². The van der Waals surface area contributed by atoms with E-state index in [0.717, 1.165) is 31.1 Å². The smallest absolute Gasteiger partial charge is 0.0591 e. The lowest BCUT2D eigenvalue weighted by atomic mass is 9.95. The molecule has 0 aromatic carbocycles. The minimum atomic E-state index is 0.649. The van der Waals surface area contributed by atoms with Gasteiger partial charge in [0.25, 0.3) is 0 Å². The molecule has 3 heteroatoms. The third kappa shape index (κ3) is 6.12. The first kappa shape index (κ1) is 14.3. The molecule has 0 bridgehead atoms. The highest BCUT2D eigenvalue weighted by atomic mass is 32.2. The van der Waals surface area contributed by atoms with Gasteiger partial charge in [0, 0.05) is 24.4 Å². The molecule has 2 unspecified atom stereocenters. The normalized spacial score (nSPS) is 26.2. The van der Waals surface area contributed by atoms with E-state index in [2.05, 4.69) is 25.4 Å². The molecular formula is C13H27NOS. The van der Waals surface area contributed by atoms with Gasteiger partial charge < -0.3 is 10.1 Å². The van der Waals surface area contributed by atoms with Gasteiger partial charge in [-0.25, -0.2) is 0 Å². The molecule has 96 valence electrons. The van der Waals surface area contributed by atoms with E-state index in [4.69, 9.17) is 4.74 Å². The molecule has 1 rings (SSSR count). The predicted octanol–water partition coefficient (Wildman–Crippen LogP) is 2.92. The predicted molar refractivity (Wildman–Crippen MR) is 73.2 cm³/mol. The third-order valence-corrected chi connectivity index (χ3v) is 4.18. The Bertz CT molecular complexity index is 175. The van der Waals surface area contributed by atoms with Crippen molar-refractivity contribution in [3.05, 3.63) is 0 Å². The van der Waals surface area contributed by atoms with Gasteiger partial charge in [0.05, 0.1) is 6.61 Å². The molecule has 0 aromatic heterocycles. The van der Waals surface area contributed by atoms with Crippen molar-refractivity contribution < 1.29 is 4.74 Å². The molecule has 1 N–H and O–H groups in total. The van der Waals surface area contributed by atoms with Gasteiger partial charge in [-0.2, -0.15) is 11.8 Å². The molecule has 1 saturated carbocycles. The molecule has 0 saturated heterocycles. The Balaban J connectivity index is 1.99. The summed E-state index contributed by atoms with van der Waals surface area (Å²) in [5.41, 5.74) is 0. The second-order valence-corrected chi connectivity index (χ2v) is 6.28. The Kier molecular flexibility index (Phi) is 7.50. The Morgan fingerprint density at radius 2 is 2.19 bits per heavy atom. The van der Waals surface area contributed by atoms with Gasteiger partial charge in [0.15, 0.2) is 0 Å². The maximum atomic E-state index is 5.57. The van der Waals surface area contributed by atoms with E-state index in [-0.39, 0.29) is 0 Å². The van der Waals surface area contributed by atoms with E-state index >= 15 is 0 Å². The highest BCUT2D eigenvalue weighted by Gasteiger charge is 2.20. The molecule has 2 nitrogen and oxygen atoms in total. The van der Waals surface area contributed by atoms with E-state index in [1.54, 1.807) is 0 Å². The summed E-state index contributed by atoms with van der Waals surface area (Å²) >= 11 is 2.03. The van der Waals surface area contributed by atoms with Gasteiger partial charge in [0.1, 0.15) is 0 Å². The summed E-state index contributed by atoms with van der Waals surface area (Å²) in [5.74, 6) is 0.649. The van der Waals surface area contributed by atoms with Crippen LogP contribution in [0, 0.1) is 5.92 Å². The molecule has 0 aromatic rings. The van der Waals surface area contributed by atoms with Crippen LogP contribution < -0.4 is 5.32 Å². The van der Waals surface area contributed by atoms with Gasteiger partial charge in [-0.1, -0.05) is 20.3 Å². The zero-order valence-corrected chi connectivity index (χ0v) is 11.8. The first-order valence-corrected chi connectivity index (χ1v) is 7.85. The monoisotopic (exact) mass is 245 g/mol. The van der Waals surface area contributed by atoms with Crippen molar-refractivity contribution in [3.8, 4) is 0 Å². The van der Waals surface area contributed by atoms with Crippen LogP contribution in [0.1, 0.15) is 39.5 Å². The molecule has 1 fully saturated rings. The SMILES string of the molecule is CSC1CCCC(NCCOCC(C)C)C1.